The van der Waals surface area contributed by atoms with E-state index in [4.69, 9.17) is 27.9 Å². The third-order valence-corrected chi connectivity index (χ3v) is 4.79. The zero-order valence-electron chi connectivity index (χ0n) is 15.9. The SMILES string of the molecule is Cc1ccc(C(=O)COC(=O)c2cccc(NC(=O)c3ccc(Cl)cc3Cl)c2)cc1. The Bertz CT molecular complexity index is 1110. The van der Waals surface area contributed by atoms with E-state index in [1.54, 1.807) is 30.3 Å². The van der Waals surface area contributed by atoms with Gasteiger partial charge in [0.05, 0.1) is 16.1 Å². The molecule has 0 heterocycles. The summed E-state index contributed by atoms with van der Waals surface area (Å²) in [5.41, 5.74) is 2.33. The zero-order chi connectivity index (χ0) is 21.7. The maximum atomic E-state index is 12.4. The number of halogens is 2. The van der Waals surface area contributed by atoms with Gasteiger partial charge < -0.3 is 10.1 Å². The number of amides is 1. The normalized spacial score (nSPS) is 10.4. The molecule has 30 heavy (non-hydrogen) atoms. The first kappa shape index (κ1) is 21.6. The van der Waals surface area contributed by atoms with E-state index in [0.29, 0.717) is 16.3 Å². The van der Waals surface area contributed by atoms with E-state index < -0.39 is 11.9 Å². The minimum Gasteiger partial charge on any atom is -0.454 e. The van der Waals surface area contributed by atoms with Crippen LogP contribution in [-0.4, -0.2) is 24.3 Å². The van der Waals surface area contributed by atoms with Crippen molar-refractivity contribution in [3.8, 4) is 0 Å². The van der Waals surface area contributed by atoms with Crippen molar-refractivity contribution in [3.05, 3.63) is 99.0 Å². The van der Waals surface area contributed by atoms with Crippen molar-refractivity contribution in [2.45, 2.75) is 6.92 Å². The molecule has 0 spiro atoms. The third kappa shape index (κ3) is 5.47. The summed E-state index contributed by atoms with van der Waals surface area (Å²) in [6, 6.07) is 17.7. The predicted molar refractivity (Wildman–Crippen MR) is 117 cm³/mol. The summed E-state index contributed by atoms with van der Waals surface area (Å²) >= 11 is 11.9. The molecule has 0 radical (unpaired) electrons. The lowest BCUT2D eigenvalue weighted by Crippen LogP contribution is -2.15. The van der Waals surface area contributed by atoms with Gasteiger partial charge in [0, 0.05) is 16.3 Å². The van der Waals surface area contributed by atoms with E-state index in [-0.39, 0.29) is 28.5 Å². The van der Waals surface area contributed by atoms with Crippen LogP contribution in [0.3, 0.4) is 0 Å². The van der Waals surface area contributed by atoms with Crippen LogP contribution in [0.5, 0.6) is 0 Å². The van der Waals surface area contributed by atoms with Crippen LogP contribution >= 0.6 is 23.2 Å². The lowest BCUT2D eigenvalue weighted by atomic mass is 10.1. The smallest absolute Gasteiger partial charge is 0.338 e. The summed E-state index contributed by atoms with van der Waals surface area (Å²) in [6.45, 7) is 1.54. The van der Waals surface area contributed by atoms with Gasteiger partial charge in [-0.2, -0.15) is 0 Å². The maximum absolute atomic E-state index is 12.4. The van der Waals surface area contributed by atoms with Crippen molar-refractivity contribution in [1.29, 1.82) is 0 Å². The van der Waals surface area contributed by atoms with E-state index in [1.165, 1.54) is 24.3 Å². The van der Waals surface area contributed by atoms with Gasteiger partial charge in [-0.3, -0.25) is 9.59 Å². The molecule has 1 amide bonds. The van der Waals surface area contributed by atoms with Gasteiger partial charge in [0.15, 0.2) is 12.4 Å². The van der Waals surface area contributed by atoms with Crippen LogP contribution in [0, 0.1) is 6.92 Å². The van der Waals surface area contributed by atoms with Gasteiger partial charge in [-0.05, 0) is 43.3 Å². The number of carbonyl (C=O) groups is 3. The molecule has 0 fully saturated rings. The molecular weight excluding hydrogens is 425 g/mol. The van der Waals surface area contributed by atoms with Crippen LogP contribution in [0.25, 0.3) is 0 Å². The second-order valence-corrected chi connectivity index (χ2v) is 7.37. The fourth-order valence-electron chi connectivity index (χ4n) is 2.63. The lowest BCUT2D eigenvalue weighted by Gasteiger charge is -2.09. The Hall–Kier alpha value is -3.15. The highest BCUT2D eigenvalue weighted by molar-refractivity contribution is 6.37. The molecule has 3 aromatic rings. The summed E-state index contributed by atoms with van der Waals surface area (Å²) in [5.74, 6) is -1.42. The Morgan fingerprint density at radius 2 is 1.63 bits per heavy atom. The first-order valence-corrected chi connectivity index (χ1v) is 9.72. The number of benzene rings is 3. The molecule has 3 rings (SSSR count). The van der Waals surface area contributed by atoms with Crippen molar-refractivity contribution in [2.75, 3.05) is 11.9 Å². The first-order chi connectivity index (χ1) is 14.3. The number of nitrogens with one attached hydrogen (secondary N) is 1. The number of Topliss-reactive ketones (excluding diaryl/α,β-unsaturated/α-hetero) is 1. The fraction of sp³-hybridized carbons (Fsp3) is 0.0870. The lowest BCUT2D eigenvalue weighted by molar-refractivity contribution is 0.0474. The van der Waals surface area contributed by atoms with Gasteiger partial charge in [-0.15, -0.1) is 0 Å². The molecule has 0 aromatic heterocycles. The first-order valence-electron chi connectivity index (χ1n) is 8.97. The second kappa shape index (κ2) is 9.57. The van der Waals surface area contributed by atoms with E-state index in [9.17, 15) is 14.4 Å². The summed E-state index contributed by atoms with van der Waals surface area (Å²) < 4.78 is 5.11. The number of hydrogen-bond acceptors (Lipinski definition) is 4. The highest BCUT2D eigenvalue weighted by Gasteiger charge is 2.14. The van der Waals surface area contributed by atoms with Crippen LogP contribution in [0.15, 0.2) is 66.7 Å². The van der Waals surface area contributed by atoms with Gasteiger partial charge >= 0.3 is 5.97 Å². The van der Waals surface area contributed by atoms with Gasteiger partial charge in [0.25, 0.3) is 5.91 Å². The zero-order valence-corrected chi connectivity index (χ0v) is 17.5. The molecule has 0 aliphatic carbocycles. The van der Waals surface area contributed by atoms with Crippen molar-refractivity contribution < 1.29 is 19.1 Å². The summed E-state index contributed by atoms with van der Waals surface area (Å²) in [4.78, 5) is 36.9. The largest absolute Gasteiger partial charge is 0.454 e. The maximum Gasteiger partial charge on any atom is 0.338 e. The number of anilines is 1. The highest BCUT2D eigenvalue weighted by atomic mass is 35.5. The molecule has 5 nitrogen and oxygen atoms in total. The van der Waals surface area contributed by atoms with Crippen molar-refractivity contribution in [2.24, 2.45) is 0 Å². The Labute approximate surface area is 183 Å². The Kier molecular flexibility index (Phi) is 6.87. The van der Waals surface area contributed by atoms with E-state index in [2.05, 4.69) is 5.32 Å². The molecule has 0 saturated heterocycles. The van der Waals surface area contributed by atoms with Crippen LogP contribution in [-0.2, 0) is 4.74 Å². The van der Waals surface area contributed by atoms with Crippen molar-refractivity contribution in [1.82, 2.24) is 0 Å². The number of carbonyl (C=O) groups excluding carboxylic acids is 3. The Morgan fingerprint density at radius 3 is 2.33 bits per heavy atom. The van der Waals surface area contributed by atoms with Crippen LogP contribution in [0.4, 0.5) is 5.69 Å². The average molecular weight is 442 g/mol. The van der Waals surface area contributed by atoms with Crippen LogP contribution in [0.1, 0.15) is 36.6 Å². The molecule has 0 atom stereocenters. The molecule has 7 heteroatoms. The van der Waals surface area contributed by atoms with E-state index in [1.807, 2.05) is 19.1 Å². The molecular formula is C23H17Cl2NO4. The monoisotopic (exact) mass is 441 g/mol. The molecule has 0 saturated carbocycles. The number of aryl methyl sites for hydroxylation is 1. The highest BCUT2D eigenvalue weighted by Crippen LogP contribution is 2.22. The van der Waals surface area contributed by atoms with Gasteiger partial charge in [-0.25, -0.2) is 4.79 Å². The van der Waals surface area contributed by atoms with Gasteiger partial charge in [-0.1, -0.05) is 59.1 Å². The molecule has 0 aliphatic rings. The molecule has 0 aliphatic heterocycles. The number of rotatable bonds is 6. The number of esters is 1. The minimum atomic E-state index is -0.670. The number of hydrogen-bond donors (Lipinski definition) is 1. The van der Waals surface area contributed by atoms with Gasteiger partial charge in [0.1, 0.15) is 0 Å². The average Bonchev–Trinajstić information content (AvgIpc) is 2.72. The van der Waals surface area contributed by atoms with Crippen LogP contribution in [0.2, 0.25) is 10.0 Å². The number of ketones is 1. The van der Waals surface area contributed by atoms with Crippen molar-refractivity contribution >= 4 is 46.5 Å². The van der Waals surface area contributed by atoms with Crippen molar-refractivity contribution in [3.63, 3.8) is 0 Å². The molecule has 1 N–H and O–H groups in total. The summed E-state index contributed by atoms with van der Waals surface area (Å²) in [7, 11) is 0. The van der Waals surface area contributed by atoms with E-state index in [0.717, 1.165) is 5.56 Å². The molecule has 3 aromatic carbocycles. The predicted octanol–water partition coefficient (Wildman–Crippen LogP) is 5.59. The number of ether oxygens (including phenoxy) is 1. The molecule has 152 valence electrons. The minimum absolute atomic E-state index is 0.201. The topological polar surface area (TPSA) is 72.5 Å². The summed E-state index contributed by atoms with van der Waals surface area (Å²) in [6.07, 6.45) is 0. The standard InChI is InChI=1S/C23H17Cl2NO4/c1-14-5-7-15(8-6-14)21(27)13-30-23(29)16-3-2-4-18(11-16)26-22(28)19-10-9-17(24)12-20(19)25/h2-12H,13H2,1H3,(H,26,28). The van der Waals surface area contributed by atoms with Crippen LogP contribution < -0.4 is 5.32 Å². The van der Waals surface area contributed by atoms with E-state index >= 15 is 0 Å². The Balaban J connectivity index is 1.64. The second-order valence-electron chi connectivity index (χ2n) is 6.52. The summed E-state index contributed by atoms with van der Waals surface area (Å²) in [5, 5.41) is 3.30. The Morgan fingerprint density at radius 1 is 0.900 bits per heavy atom. The quantitative estimate of drug-likeness (QED) is 0.399. The fourth-order valence-corrected chi connectivity index (χ4v) is 3.13. The third-order valence-electron chi connectivity index (χ3n) is 4.24. The molecule has 0 bridgehead atoms. The molecule has 0 unspecified atom stereocenters. The van der Waals surface area contributed by atoms with Gasteiger partial charge in [0.2, 0.25) is 0 Å².